The van der Waals surface area contributed by atoms with Gasteiger partial charge in [-0.2, -0.15) is 13.2 Å². The highest BCUT2D eigenvalue weighted by Crippen LogP contribution is 2.28. The normalized spacial score (nSPS) is 14.8. The van der Waals surface area contributed by atoms with E-state index in [1.54, 1.807) is 0 Å². The molecule has 1 aliphatic carbocycles. The van der Waals surface area contributed by atoms with Crippen LogP contribution in [0.25, 0.3) is 0 Å². The summed E-state index contributed by atoms with van der Waals surface area (Å²) in [6.07, 6.45) is 3.87. The standard InChI is InChI=1S/C7H6F3N.C6H13N.C5H12/c1-5-4-6(2-3-11-5)7(8,9)10;1-7-6-4-2-3-5-6;1-4-5(2)3/h2-4H,1H3;6-7H,2-5H2,1H3;5H,4H2,1-3H3. The van der Waals surface area contributed by atoms with Gasteiger partial charge in [0.05, 0.1) is 5.56 Å². The van der Waals surface area contributed by atoms with Gasteiger partial charge in [0.1, 0.15) is 0 Å². The number of hydrogen-bond acceptors (Lipinski definition) is 2. The van der Waals surface area contributed by atoms with Crippen LogP contribution in [0.1, 0.15) is 64.1 Å². The van der Waals surface area contributed by atoms with E-state index in [1.807, 2.05) is 0 Å². The lowest BCUT2D eigenvalue weighted by atomic mass is 10.2. The molecule has 0 amide bonds. The van der Waals surface area contributed by atoms with Crippen LogP contribution in [0, 0.1) is 12.8 Å². The number of rotatable bonds is 2. The molecule has 0 atom stereocenters. The molecule has 0 bridgehead atoms. The van der Waals surface area contributed by atoms with Gasteiger partial charge in [-0.1, -0.05) is 40.0 Å². The molecule has 2 rings (SSSR count). The summed E-state index contributed by atoms with van der Waals surface area (Å²) in [6.45, 7) is 8.17. The van der Waals surface area contributed by atoms with Crippen LogP contribution in [0.2, 0.25) is 0 Å². The molecule has 0 spiro atoms. The summed E-state index contributed by atoms with van der Waals surface area (Å²) in [5, 5.41) is 3.26. The minimum absolute atomic E-state index is 0.375. The zero-order chi connectivity index (χ0) is 17.9. The van der Waals surface area contributed by atoms with Crippen molar-refractivity contribution < 1.29 is 13.2 Å². The topological polar surface area (TPSA) is 24.9 Å². The first-order valence-corrected chi connectivity index (χ1v) is 8.37. The highest BCUT2D eigenvalue weighted by Gasteiger charge is 2.30. The second-order valence-corrected chi connectivity index (χ2v) is 6.26. The Kier molecular flexibility index (Phi) is 10.9. The summed E-state index contributed by atoms with van der Waals surface area (Å²) in [5.74, 6) is 0.884. The van der Waals surface area contributed by atoms with Gasteiger partial charge in [0, 0.05) is 17.9 Å². The maximum Gasteiger partial charge on any atom is 0.416 e. The zero-order valence-electron chi connectivity index (χ0n) is 15.0. The summed E-state index contributed by atoms with van der Waals surface area (Å²) in [7, 11) is 2.05. The number of hydrogen-bond donors (Lipinski definition) is 1. The van der Waals surface area contributed by atoms with E-state index < -0.39 is 11.7 Å². The molecule has 2 nitrogen and oxygen atoms in total. The number of aromatic nitrogens is 1. The molecular formula is C18H31F3N2. The van der Waals surface area contributed by atoms with Gasteiger partial charge < -0.3 is 5.32 Å². The van der Waals surface area contributed by atoms with Gasteiger partial charge in [0.2, 0.25) is 0 Å². The lowest BCUT2D eigenvalue weighted by Gasteiger charge is -2.05. The molecule has 0 radical (unpaired) electrons. The predicted octanol–water partition coefficient (Wildman–Crippen LogP) is 5.61. The van der Waals surface area contributed by atoms with E-state index in [2.05, 4.69) is 38.1 Å². The van der Waals surface area contributed by atoms with Gasteiger partial charge in [-0.05, 0) is 44.9 Å². The summed E-state index contributed by atoms with van der Waals surface area (Å²) >= 11 is 0. The van der Waals surface area contributed by atoms with Crippen molar-refractivity contribution in [2.45, 2.75) is 72.0 Å². The Morgan fingerprint density at radius 1 is 1.26 bits per heavy atom. The number of aryl methyl sites for hydroxylation is 1. The van der Waals surface area contributed by atoms with E-state index in [0.29, 0.717) is 5.69 Å². The van der Waals surface area contributed by atoms with Gasteiger partial charge >= 0.3 is 6.18 Å². The van der Waals surface area contributed by atoms with Crippen molar-refractivity contribution in [3.63, 3.8) is 0 Å². The third-order valence-corrected chi connectivity index (χ3v) is 3.80. The van der Waals surface area contributed by atoms with Crippen LogP contribution in [0.15, 0.2) is 18.3 Å². The van der Waals surface area contributed by atoms with Crippen molar-refractivity contribution in [2.75, 3.05) is 7.05 Å². The summed E-state index contributed by atoms with van der Waals surface area (Å²) in [5.41, 5.74) is -0.273. The monoisotopic (exact) mass is 332 g/mol. The maximum atomic E-state index is 11.9. The van der Waals surface area contributed by atoms with Crippen molar-refractivity contribution >= 4 is 0 Å². The van der Waals surface area contributed by atoms with E-state index >= 15 is 0 Å². The van der Waals surface area contributed by atoms with E-state index in [4.69, 9.17) is 0 Å². The molecule has 0 aliphatic heterocycles. The molecule has 1 aromatic heterocycles. The maximum absolute atomic E-state index is 11.9. The molecular weight excluding hydrogens is 301 g/mol. The molecule has 0 saturated heterocycles. The summed E-state index contributed by atoms with van der Waals surface area (Å²) < 4.78 is 35.8. The van der Waals surface area contributed by atoms with Crippen molar-refractivity contribution in [3.8, 4) is 0 Å². The van der Waals surface area contributed by atoms with Crippen LogP contribution in [0.3, 0.4) is 0 Å². The molecule has 1 aliphatic rings. The van der Waals surface area contributed by atoms with Gasteiger partial charge in [-0.25, -0.2) is 0 Å². The Bertz CT molecular complexity index is 411. The highest BCUT2D eigenvalue weighted by molar-refractivity contribution is 5.18. The molecule has 5 heteroatoms. The number of halogens is 3. The second kappa shape index (κ2) is 11.4. The first kappa shape index (κ1) is 21.9. The van der Waals surface area contributed by atoms with E-state index in [-0.39, 0.29) is 0 Å². The molecule has 0 aromatic carbocycles. The molecule has 134 valence electrons. The van der Waals surface area contributed by atoms with E-state index in [1.165, 1.54) is 39.0 Å². The molecule has 0 unspecified atom stereocenters. The SMILES string of the molecule is CCC(C)C.CNC1CCCC1.Cc1cc(C(F)(F)F)ccn1. The quantitative estimate of drug-likeness (QED) is 0.761. The fraction of sp³-hybridized carbons (Fsp3) is 0.722. The van der Waals surface area contributed by atoms with Crippen molar-refractivity contribution in [1.29, 1.82) is 0 Å². The molecule has 1 N–H and O–H groups in total. The Labute approximate surface area is 138 Å². The van der Waals surface area contributed by atoms with E-state index in [9.17, 15) is 13.2 Å². The van der Waals surface area contributed by atoms with Crippen LogP contribution in [-0.2, 0) is 6.18 Å². The average Bonchev–Trinajstić information content (AvgIpc) is 3.01. The molecule has 23 heavy (non-hydrogen) atoms. The van der Waals surface area contributed by atoms with Crippen molar-refractivity contribution in [1.82, 2.24) is 10.3 Å². The van der Waals surface area contributed by atoms with Gasteiger partial charge in [-0.3, -0.25) is 4.98 Å². The third-order valence-electron chi connectivity index (χ3n) is 3.80. The smallest absolute Gasteiger partial charge is 0.317 e. The minimum Gasteiger partial charge on any atom is -0.317 e. The Hall–Kier alpha value is -1.10. The van der Waals surface area contributed by atoms with Crippen molar-refractivity contribution in [3.05, 3.63) is 29.6 Å². The van der Waals surface area contributed by atoms with Crippen LogP contribution in [0.5, 0.6) is 0 Å². The van der Waals surface area contributed by atoms with Crippen LogP contribution >= 0.6 is 0 Å². The Balaban J connectivity index is 0.000000347. The Morgan fingerprint density at radius 3 is 2.04 bits per heavy atom. The number of nitrogens with one attached hydrogen (secondary N) is 1. The first-order valence-electron chi connectivity index (χ1n) is 8.37. The highest BCUT2D eigenvalue weighted by atomic mass is 19.4. The number of alkyl halides is 3. The first-order chi connectivity index (χ1) is 10.7. The molecule has 1 heterocycles. The average molecular weight is 332 g/mol. The third kappa shape index (κ3) is 11.1. The van der Waals surface area contributed by atoms with Gasteiger partial charge in [-0.15, -0.1) is 0 Å². The van der Waals surface area contributed by atoms with E-state index in [0.717, 1.165) is 30.3 Å². The minimum atomic E-state index is -4.26. The van der Waals surface area contributed by atoms with Crippen LogP contribution in [-0.4, -0.2) is 18.1 Å². The summed E-state index contributed by atoms with van der Waals surface area (Å²) in [4.78, 5) is 3.65. The van der Waals surface area contributed by atoms with Gasteiger partial charge in [0.15, 0.2) is 0 Å². The fourth-order valence-electron chi connectivity index (χ4n) is 1.94. The number of pyridine rings is 1. The molecule has 1 aromatic rings. The van der Waals surface area contributed by atoms with Crippen molar-refractivity contribution in [2.24, 2.45) is 5.92 Å². The van der Waals surface area contributed by atoms with Gasteiger partial charge in [0.25, 0.3) is 0 Å². The number of nitrogens with zero attached hydrogens (tertiary/aromatic N) is 1. The largest absolute Gasteiger partial charge is 0.416 e. The molecule has 1 fully saturated rings. The lowest BCUT2D eigenvalue weighted by Crippen LogP contribution is -2.20. The van der Waals surface area contributed by atoms with Crippen LogP contribution < -0.4 is 5.32 Å². The fourth-order valence-corrected chi connectivity index (χ4v) is 1.94. The predicted molar refractivity (Wildman–Crippen MR) is 90.4 cm³/mol. The Morgan fingerprint density at radius 2 is 1.78 bits per heavy atom. The lowest BCUT2D eigenvalue weighted by molar-refractivity contribution is -0.137. The van der Waals surface area contributed by atoms with Crippen LogP contribution in [0.4, 0.5) is 13.2 Å². The summed E-state index contributed by atoms with van der Waals surface area (Å²) in [6, 6.07) is 2.81. The zero-order valence-corrected chi connectivity index (χ0v) is 15.0. The second-order valence-electron chi connectivity index (χ2n) is 6.26. The molecule has 1 saturated carbocycles.